The van der Waals surface area contributed by atoms with Gasteiger partial charge >= 0.3 is 5.97 Å². The lowest BCUT2D eigenvalue weighted by atomic mass is 9.94. The van der Waals surface area contributed by atoms with Crippen LogP contribution in [0.5, 0.6) is 0 Å². The third-order valence-electron chi connectivity index (χ3n) is 5.86. The first-order chi connectivity index (χ1) is 15.4. The Morgan fingerprint density at radius 2 is 2.00 bits per heavy atom. The first kappa shape index (κ1) is 24.5. The van der Waals surface area contributed by atoms with Gasteiger partial charge in [0.05, 0.1) is 12.2 Å². The second-order valence-corrected chi connectivity index (χ2v) is 10.0. The maximum absolute atomic E-state index is 12.6. The zero-order valence-corrected chi connectivity index (χ0v) is 20.0. The van der Waals surface area contributed by atoms with Crippen LogP contribution in [-0.2, 0) is 22.4 Å². The Bertz CT molecular complexity index is 864. The van der Waals surface area contributed by atoms with E-state index in [1.54, 1.807) is 0 Å². The van der Waals surface area contributed by atoms with E-state index < -0.39 is 0 Å². The third kappa shape index (κ3) is 7.45. The van der Waals surface area contributed by atoms with Gasteiger partial charge in [-0.2, -0.15) is 0 Å². The van der Waals surface area contributed by atoms with Gasteiger partial charge < -0.3 is 14.7 Å². The number of hydrogen-bond acceptors (Lipinski definition) is 5. The lowest BCUT2D eigenvalue weighted by Gasteiger charge is -2.36. The predicted molar refractivity (Wildman–Crippen MR) is 128 cm³/mol. The van der Waals surface area contributed by atoms with Gasteiger partial charge in [0.15, 0.2) is 0 Å². The molecule has 1 aliphatic heterocycles. The molecule has 3 rings (SSSR count). The standard InChI is InChI=1S/C26H35NO4S/c1-19(2)31-26(30)24-16-15-23(32-24)11-7-17-27-21(10-6-12-25(27)29)13-14-22(28)18-20-8-4-3-5-9-20/h3-5,8-9,15-16,19,21-22,28H,6-7,10-14,17-18H2,1-2H3/t21-,22+/m1/s1. The van der Waals surface area contributed by atoms with Gasteiger partial charge in [-0.15, -0.1) is 11.3 Å². The molecule has 32 heavy (non-hydrogen) atoms. The number of carbonyl (C=O) groups excluding carboxylic acids is 2. The van der Waals surface area contributed by atoms with E-state index in [2.05, 4.69) is 0 Å². The molecule has 1 aromatic carbocycles. The minimum Gasteiger partial charge on any atom is -0.459 e. The Labute approximate surface area is 195 Å². The molecule has 1 fully saturated rings. The van der Waals surface area contributed by atoms with Crippen molar-refractivity contribution in [1.29, 1.82) is 0 Å². The number of benzene rings is 1. The van der Waals surface area contributed by atoms with Crippen LogP contribution in [-0.4, -0.2) is 46.7 Å². The molecule has 0 radical (unpaired) electrons. The van der Waals surface area contributed by atoms with Crippen LogP contribution in [0.4, 0.5) is 0 Å². The van der Waals surface area contributed by atoms with E-state index in [9.17, 15) is 14.7 Å². The van der Waals surface area contributed by atoms with E-state index >= 15 is 0 Å². The van der Waals surface area contributed by atoms with Crippen LogP contribution >= 0.6 is 11.3 Å². The summed E-state index contributed by atoms with van der Waals surface area (Å²) >= 11 is 1.48. The third-order valence-corrected chi connectivity index (χ3v) is 6.99. The number of thiophene rings is 1. The van der Waals surface area contributed by atoms with Gasteiger partial charge in [-0.05, 0) is 76.5 Å². The van der Waals surface area contributed by atoms with Crippen molar-refractivity contribution in [2.24, 2.45) is 0 Å². The normalized spacial score (nSPS) is 17.6. The first-order valence-electron chi connectivity index (χ1n) is 11.7. The van der Waals surface area contributed by atoms with Gasteiger partial charge in [-0.25, -0.2) is 4.79 Å². The fourth-order valence-corrected chi connectivity index (χ4v) is 5.22. The van der Waals surface area contributed by atoms with Crippen molar-refractivity contribution in [3.8, 4) is 0 Å². The van der Waals surface area contributed by atoms with Crippen molar-refractivity contribution in [1.82, 2.24) is 4.90 Å². The molecule has 2 aromatic rings. The van der Waals surface area contributed by atoms with Gasteiger partial charge in [0.25, 0.3) is 0 Å². The fraction of sp³-hybridized carbons (Fsp3) is 0.538. The predicted octanol–water partition coefficient (Wildman–Crippen LogP) is 5.01. The Hall–Kier alpha value is -2.18. The van der Waals surface area contributed by atoms with Crippen molar-refractivity contribution >= 4 is 23.2 Å². The molecule has 0 bridgehead atoms. The number of aryl methyl sites for hydroxylation is 1. The van der Waals surface area contributed by atoms with E-state index in [0.717, 1.165) is 49.1 Å². The summed E-state index contributed by atoms with van der Waals surface area (Å²) in [5.41, 5.74) is 1.14. The van der Waals surface area contributed by atoms with E-state index in [4.69, 9.17) is 4.74 Å². The lowest BCUT2D eigenvalue weighted by Crippen LogP contribution is -2.44. The molecule has 0 unspecified atom stereocenters. The summed E-state index contributed by atoms with van der Waals surface area (Å²) in [4.78, 5) is 28.4. The van der Waals surface area contributed by atoms with Crippen LogP contribution in [0.25, 0.3) is 0 Å². The van der Waals surface area contributed by atoms with Gasteiger partial charge in [0.1, 0.15) is 4.88 Å². The Morgan fingerprint density at radius 1 is 1.22 bits per heavy atom. The Balaban J connectivity index is 1.46. The highest BCUT2D eigenvalue weighted by atomic mass is 32.1. The van der Waals surface area contributed by atoms with Gasteiger partial charge in [0.2, 0.25) is 5.91 Å². The second kappa shape index (κ2) is 12.2. The van der Waals surface area contributed by atoms with Crippen molar-refractivity contribution in [3.63, 3.8) is 0 Å². The summed E-state index contributed by atoms with van der Waals surface area (Å²) in [6.07, 6.45) is 5.96. The number of rotatable bonds is 11. The van der Waals surface area contributed by atoms with E-state index in [-0.39, 0.29) is 30.1 Å². The van der Waals surface area contributed by atoms with Crippen LogP contribution in [0.15, 0.2) is 42.5 Å². The molecule has 1 aliphatic rings. The molecule has 1 aromatic heterocycles. The number of likely N-dealkylation sites (tertiary alicyclic amines) is 1. The van der Waals surface area contributed by atoms with Crippen molar-refractivity contribution < 1.29 is 19.4 Å². The number of esters is 1. The lowest BCUT2D eigenvalue weighted by molar-refractivity contribution is -0.136. The zero-order valence-electron chi connectivity index (χ0n) is 19.2. The highest BCUT2D eigenvalue weighted by Gasteiger charge is 2.28. The SMILES string of the molecule is CC(C)OC(=O)c1ccc(CCCN2C(=O)CCC[C@@H]2CC[C@H](O)Cc2ccccc2)s1. The number of hydrogen-bond donors (Lipinski definition) is 1. The molecule has 2 heterocycles. The topological polar surface area (TPSA) is 66.8 Å². The summed E-state index contributed by atoms with van der Waals surface area (Å²) in [6, 6.07) is 14.1. The monoisotopic (exact) mass is 457 g/mol. The number of aliphatic hydroxyl groups is 1. The van der Waals surface area contributed by atoms with E-state index in [1.807, 2.05) is 61.2 Å². The maximum atomic E-state index is 12.6. The van der Waals surface area contributed by atoms with Crippen molar-refractivity contribution in [2.75, 3.05) is 6.54 Å². The highest BCUT2D eigenvalue weighted by Crippen LogP contribution is 2.25. The van der Waals surface area contributed by atoms with Gasteiger partial charge in [-0.3, -0.25) is 4.79 Å². The molecule has 1 saturated heterocycles. The minimum absolute atomic E-state index is 0.124. The molecule has 0 saturated carbocycles. The molecule has 2 atom stereocenters. The van der Waals surface area contributed by atoms with E-state index in [1.165, 1.54) is 11.3 Å². The Kier molecular flexibility index (Phi) is 9.30. The highest BCUT2D eigenvalue weighted by molar-refractivity contribution is 7.13. The minimum atomic E-state index is -0.383. The molecular formula is C26H35NO4S. The number of aliphatic hydroxyl groups excluding tert-OH is 1. The maximum Gasteiger partial charge on any atom is 0.348 e. The van der Waals surface area contributed by atoms with Crippen LogP contribution in [0, 0.1) is 0 Å². The average molecular weight is 458 g/mol. The van der Waals surface area contributed by atoms with Gasteiger partial charge in [0, 0.05) is 23.9 Å². The first-order valence-corrected chi connectivity index (χ1v) is 12.5. The van der Waals surface area contributed by atoms with Crippen LogP contribution < -0.4 is 0 Å². The van der Waals surface area contributed by atoms with Crippen molar-refractivity contribution in [3.05, 3.63) is 57.8 Å². The molecule has 0 aliphatic carbocycles. The van der Waals surface area contributed by atoms with E-state index in [0.29, 0.717) is 24.1 Å². The number of ether oxygens (including phenoxy) is 1. The summed E-state index contributed by atoms with van der Waals surface area (Å²) in [5, 5.41) is 10.5. The fourth-order valence-electron chi connectivity index (χ4n) is 4.29. The van der Waals surface area contributed by atoms with Crippen molar-refractivity contribution in [2.45, 2.75) is 83.5 Å². The number of piperidine rings is 1. The molecule has 1 amide bonds. The number of nitrogens with zero attached hydrogens (tertiary/aromatic N) is 1. The summed E-state index contributed by atoms with van der Waals surface area (Å²) in [6.45, 7) is 4.42. The molecule has 5 nitrogen and oxygen atoms in total. The van der Waals surface area contributed by atoms with Crippen LogP contribution in [0.2, 0.25) is 0 Å². The second-order valence-electron chi connectivity index (χ2n) is 8.88. The quantitative estimate of drug-likeness (QED) is 0.482. The molecule has 0 spiro atoms. The molecule has 1 N–H and O–H groups in total. The molecule has 174 valence electrons. The average Bonchev–Trinajstić information content (AvgIpc) is 3.23. The Morgan fingerprint density at radius 3 is 2.75 bits per heavy atom. The van der Waals surface area contributed by atoms with Crippen LogP contribution in [0.1, 0.15) is 72.5 Å². The summed E-state index contributed by atoms with van der Waals surface area (Å²) in [7, 11) is 0. The largest absolute Gasteiger partial charge is 0.459 e. The summed E-state index contributed by atoms with van der Waals surface area (Å²) < 4.78 is 5.26. The smallest absolute Gasteiger partial charge is 0.348 e. The zero-order chi connectivity index (χ0) is 22.9. The van der Waals surface area contributed by atoms with Gasteiger partial charge in [-0.1, -0.05) is 30.3 Å². The number of carbonyl (C=O) groups is 2. The molecule has 6 heteroatoms. The van der Waals surface area contributed by atoms with Crippen LogP contribution in [0.3, 0.4) is 0 Å². The number of amides is 1. The molecular weight excluding hydrogens is 422 g/mol. The summed E-state index contributed by atoms with van der Waals surface area (Å²) in [5.74, 6) is -0.0391.